The Morgan fingerprint density at radius 3 is 2.30 bits per heavy atom. The van der Waals surface area contributed by atoms with Crippen LogP contribution in [0.3, 0.4) is 0 Å². The molecule has 2 N–H and O–H groups in total. The minimum absolute atomic E-state index is 0.0372. The largest absolute Gasteiger partial charge is 0.482 e. The Balaban J connectivity index is 2.50. The fourth-order valence-corrected chi connectivity index (χ4v) is 1.90. The number of benzene rings is 1. The van der Waals surface area contributed by atoms with Crippen LogP contribution in [-0.2, 0) is 4.79 Å². The number of rotatable bonds is 9. The van der Waals surface area contributed by atoms with Gasteiger partial charge in [-0.3, -0.25) is 4.79 Å². The summed E-state index contributed by atoms with van der Waals surface area (Å²) in [5.74, 6) is 0.613. The predicted molar refractivity (Wildman–Crippen MR) is 82.7 cm³/mol. The topological polar surface area (TPSA) is 55.6 Å². The van der Waals surface area contributed by atoms with Crippen LogP contribution in [0.2, 0.25) is 0 Å². The van der Waals surface area contributed by atoms with E-state index < -0.39 is 0 Å². The molecule has 20 heavy (non-hydrogen) atoms. The third-order valence-corrected chi connectivity index (χ3v) is 3.19. The summed E-state index contributed by atoms with van der Waals surface area (Å²) in [5.41, 5.74) is 6.36. The first-order valence-corrected chi connectivity index (χ1v) is 7.44. The molecule has 1 rings (SSSR count). The van der Waals surface area contributed by atoms with Crippen molar-refractivity contribution in [1.82, 2.24) is 4.90 Å². The van der Waals surface area contributed by atoms with E-state index in [4.69, 9.17) is 10.5 Å². The fraction of sp³-hybridized carbons (Fsp3) is 0.562. The van der Waals surface area contributed by atoms with Crippen molar-refractivity contribution in [1.29, 1.82) is 0 Å². The number of nitrogens with two attached hydrogens (primary N) is 1. The number of nitrogens with zero attached hydrogens (tertiary/aromatic N) is 1. The molecule has 0 bridgehead atoms. The smallest absolute Gasteiger partial charge is 0.260 e. The van der Waals surface area contributed by atoms with Crippen molar-refractivity contribution in [3.05, 3.63) is 24.3 Å². The normalized spacial score (nSPS) is 10.3. The van der Waals surface area contributed by atoms with Gasteiger partial charge in [-0.1, -0.05) is 38.8 Å². The molecule has 0 radical (unpaired) electrons. The van der Waals surface area contributed by atoms with Crippen molar-refractivity contribution in [2.24, 2.45) is 0 Å². The van der Waals surface area contributed by atoms with Crippen molar-refractivity contribution >= 4 is 11.6 Å². The molecule has 0 saturated carbocycles. The molecule has 0 heterocycles. The molecule has 112 valence electrons. The van der Waals surface area contributed by atoms with Gasteiger partial charge in [-0.2, -0.15) is 0 Å². The van der Waals surface area contributed by atoms with Gasteiger partial charge in [-0.25, -0.2) is 0 Å². The number of hydrogen-bond acceptors (Lipinski definition) is 3. The maximum absolute atomic E-state index is 12.2. The lowest BCUT2D eigenvalue weighted by Crippen LogP contribution is -2.36. The summed E-state index contributed by atoms with van der Waals surface area (Å²) in [7, 11) is 0. The molecule has 0 unspecified atom stereocenters. The van der Waals surface area contributed by atoms with Gasteiger partial charge in [0.2, 0.25) is 0 Å². The van der Waals surface area contributed by atoms with Crippen molar-refractivity contribution in [2.75, 3.05) is 25.4 Å². The lowest BCUT2D eigenvalue weighted by Gasteiger charge is -2.22. The zero-order valence-electron chi connectivity index (χ0n) is 12.6. The van der Waals surface area contributed by atoms with Gasteiger partial charge in [-0.15, -0.1) is 0 Å². The highest BCUT2D eigenvalue weighted by Gasteiger charge is 2.13. The highest BCUT2D eigenvalue weighted by atomic mass is 16.5. The summed E-state index contributed by atoms with van der Waals surface area (Å²) in [6, 6.07) is 7.25. The van der Waals surface area contributed by atoms with E-state index in [0.29, 0.717) is 11.4 Å². The lowest BCUT2D eigenvalue weighted by atomic mass is 10.2. The van der Waals surface area contributed by atoms with E-state index in [0.717, 1.165) is 38.8 Å². The number of hydrogen-bond donors (Lipinski definition) is 1. The first kappa shape index (κ1) is 16.3. The van der Waals surface area contributed by atoms with Crippen molar-refractivity contribution in [3.8, 4) is 5.75 Å². The highest BCUT2D eigenvalue weighted by Crippen LogP contribution is 2.19. The van der Waals surface area contributed by atoms with Crippen LogP contribution in [0, 0.1) is 0 Å². The average molecular weight is 278 g/mol. The molecule has 0 spiro atoms. The Labute approximate surface area is 121 Å². The molecule has 0 aromatic heterocycles. The first-order valence-electron chi connectivity index (χ1n) is 7.44. The molecule has 1 aromatic carbocycles. The molecule has 0 atom stereocenters. The van der Waals surface area contributed by atoms with Gasteiger partial charge >= 0.3 is 0 Å². The van der Waals surface area contributed by atoms with E-state index in [1.165, 1.54) is 0 Å². The van der Waals surface area contributed by atoms with Crippen LogP contribution in [0.25, 0.3) is 0 Å². The second-order valence-electron chi connectivity index (χ2n) is 4.91. The number of para-hydroxylation sites is 2. The van der Waals surface area contributed by atoms with E-state index >= 15 is 0 Å². The molecule has 4 nitrogen and oxygen atoms in total. The van der Waals surface area contributed by atoms with Crippen LogP contribution in [0.1, 0.15) is 39.5 Å². The molecule has 0 fully saturated rings. The minimum Gasteiger partial charge on any atom is -0.482 e. The second-order valence-corrected chi connectivity index (χ2v) is 4.91. The molecular formula is C16H26N2O2. The molecule has 1 amide bonds. The highest BCUT2D eigenvalue weighted by molar-refractivity contribution is 5.78. The van der Waals surface area contributed by atoms with Crippen LogP contribution in [-0.4, -0.2) is 30.5 Å². The molecule has 1 aromatic rings. The van der Waals surface area contributed by atoms with E-state index in [1.807, 2.05) is 17.0 Å². The molecule has 0 aliphatic carbocycles. The van der Waals surface area contributed by atoms with Gasteiger partial charge in [0.05, 0.1) is 5.69 Å². The van der Waals surface area contributed by atoms with Gasteiger partial charge < -0.3 is 15.4 Å². The Kier molecular flexibility index (Phi) is 7.55. The third-order valence-electron chi connectivity index (χ3n) is 3.19. The fourth-order valence-electron chi connectivity index (χ4n) is 1.90. The molecular weight excluding hydrogens is 252 g/mol. The summed E-state index contributed by atoms with van der Waals surface area (Å²) < 4.78 is 5.52. The van der Waals surface area contributed by atoms with Crippen LogP contribution >= 0.6 is 0 Å². The summed E-state index contributed by atoms with van der Waals surface area (Å²) in [6.45, 7) is 5.93. The monoisotopic (exact) mass is 278 g/mol. The van der Waals surface area contributed by atoms with Crippen LogP contribution in [0.4, 0.5) is 5.69 Å². The molecule has 0 saturated heterocycles. The number of nitrogen functional groups attached to an aromatic ring is 1. The van der Waals surface area contributed by atoms with Gasteiger partial charge in [-0.05, 0) is 25.0 Å². The zero-order valence-corrected chi connectivity index (χ0v) is 12.6. The van der Waals surface area contributed by atoms with E-state index in [2.05, 4.69) is 13.8 Å². The predicted octanol–water partition coefficient (Wildman–Crippen LogP) is 3.08. The van der Waals surface area contributed by atoms with Crippen LogP contribution < -0.4 is 10.5 Å². The Morgan fingerprint density at radius 2 is 1.75 bits per heavy atom. The van der Waals surface area contributed by atoms with E-state index in [9.17, 15) is 4.79 Å². The quantitative estimate of drug-likeness (QED) is 0.706. The van der Waals surface area contributed by atoms with Crippen molar-refractivity contribution in [3.63, 3.8) is 0 Å². The number of unbranched alkanes of at least 4 members (excludes halogenated alkanes) is 2. The van der Waals surface area contributed by atoms with E-state index in [-0.39, 0.29) is 12.5 Å². The third kappa shape index (κ3) is 5.51. The molecule has 4 heteroatoms. The number of anilines is 1. The summed E-state index contributed by atoms with van der Waals surface area (Å²) in [4.78, 5) is 14.1. The summed E-state index contributed by atoms with van der Waals surface area (Å²) in [5, 5.41) is 0. The number of ether oxygens (including phenoxy) is 1. The van der Waals surface area contributed by atoms with Crippen LogP contribution in [0.5, 0.6) is 5.75 Å². The van der Waals surface area contributed by atoms with Gasteiger partial charge in [0.15, 0.2) is 6.61 Å². The maximum atomic E-state index is 12.2. The Bertz CT molecular complexity index is 399. The lowest BCUT2D eigenvalue weighted by molar-refractivity contribution is -0.133. The first-order chi connectivity index (χ1) is 9.69. The van der Waals surface area contributed by atoms with Gasteiger partial charge in [0.25, 0.3) is 5.91 Å². The van der Waals surface area contributed by atoms with E-state index in [1.54, 1.807) is 12.1 Å². The second kappa shape index (κ2) is 9.23. The minimum atomic E-state index is 0.0372. The van der Waals surface area contributed by atoms with Crippen LogP contribution in [0.15, 0.2) is 24.3 Å². The zero-order chi connectivity index (χ0) is 14.8. The van der Waals surface area contributed by atoms with Crippen molar-refractivity contribution in [2.45, 2.75) is 39.5 Å². The SMILES string of the molecule is CCCCN(CCCC)C(=O)COc1ccccc1N. The number of carbonyl (C=O) groups excluding carboxylic acids is 1. The van der Waals surface area contributed by atoms with Crippen molar-refractivity contribution < 1.29 is 9.53 Å². The van der Waals surface area contributed by atoms with Gasteiger partial charge in [0, 0.05) is 13.1 Å². The summed E-state index contributed by atoms with van der Waals surface area (Å²) >= 11 is 0. The standard InChI is InChI=1S/C16H26N2O2/c1-3-5-11-18(12-6-4-2)16(19)13-20-15-10-8-7-9-14(15)17/h7-10H,3-6,11-13,17H2,1-2H3. The number of carbonyl (C=O) groups is 1. The maximum Gasteiger partial charge on any atom is 0.260 e. The Hall–Kier alpha value is -1.71. The number of amides is 1. The molecule has 0 aliphatic rings. The Morgan fingerprint density at radius 1 is 1.15 bits per heavy atom. The van der Waals surface area contributed by atoms with Gasteiger partial charge in [0.1, 0.15) is 5.75 Å². The summed E-state index contributed by atoms with van der Waals surface area (Å²) in [6.07, 6.45) is 4.23. The average Bonchev–Trinajstić information content (AvgIpc) is 2.46. The molecule has 0 aliphatic heterocycles.